The number of likely N-dealkylation sites (tertiary alicyclic amines) is 1. The summed E-state index contributed by atoms with van der Waals surface area (Å²) in [7, 11) is -0.426. The highest BCUT2D eigenvalue weighted by Crippen LogP contribution is 2.36. The Labute approximate surface area is 176 Å². The molecule has 2 N–H and O–H groups in total. The maximum absolute atomic E-state index is 6.12. The zero-order valence-electron chi connectivity index (χ0n) is 19.0. The molecule has 1 aromatic heterocycles. The predicted octanol–water partition coefficient (Wildman–Crippen LogP) is 1.66. The standard InChI is InChI=1S/C21H38BN5O2/c1-16(2)27(15-17-8-7-10-26(14-17)11-9-23)19-24-12-18(13-25-19)22-28-20(3,4)21(5,6)29-22/h12-13,16-17H,7-11,14-15,23H2,1-6H3/t17-/m0/s1. The van der Waals surface area contributed by atoms with Crippen LogP contribution in [0.1, 0.15) is 54.4 Å². The molecule has 1 aromatic rings. The second kappa shape index (κ2) is 8.88. The van der Waals surface area contributed by atoms with Crippen molar-refractivity contribution in [2.75, 3.05) is 37.6 Å². The second-order valence-electron chi connectivity index (χ2n) is 9.75. The number of aromatic nitrogens is 2. The van der Waals surface area contributed by atoms with Gasteiger partial charge in [-0.05, 0) is 66.8 Å². The van der Waals surface area contributed by atoms with Crippen LogP contribution in [0, 0.1) is 5.92 Å². The Hall–Kier alpha value is -1.22. The molecule has 2 aliphatic heterocycles. The summed E-state index contributed by atoms with van der Waals surface area (Å²) in [6, 6.07) is 0.336. The molecule has 2 saturated heterocycles. The fraction of sp³-hybridized carbons (Fsp3) is 0.810. The van der Waals surface area contributed by atoms with Gasteiger partial charge in [0, 0.05) is 50.1 Å². The summed E-state index contributed by atoms with van der Waals surface area (Å²) in [6.45, 7) is 17.6. The van der Waals surface area contributed by atoms with Gasteiger partial charge in [0.25, 0.3) is 0 Å². The van der Waals surface area contributed by atoms with Crippen molar-refractivity contribution in [1.29, 1.82) is 0 Å². The molecule has 3 rings (SSSR count). The van der Waals surface area contributed by atoms with Gasteiger partial charge in [-0.3, -0.25) is 0 Å². The van der Waals surface area contributed by atoms with Crippen molar-refractivity contribution in [1.82, 2.24) is 14.9 Å². The molecule has 0 bridgehead atoms. The number of hydrogen-bond donors (Lipinski definition) is 1. The van der Waals surface area contributed by atoms with Crippen LogP contribution < -0.4 is 16.1 Å². The van der Waals surface area contributed by atoms with Gasteiger partial charge in [0.05, 0.1) is 11.2 Å². The monoisotopic (exact) mass is 403 g/mol. The van der Waals surface area contributed by atoms with E-state index in [9.17, 15) is 0 Å². The summed E-state index contributed by atoms with van der Waals surface area (Å²) in [5, 5.41) is 0. The minimum Gasteiger partial charge on any atom is -0.399 e. The Morgan fingerprint density at radius 1 is 1.21 bits per heavy atom. The van der Waals surface area contributed by atoms with Gasteiger partial charge in [0.15, 0.2) is 0 Å². The lowest BCUT2D eigenvalue weighted by atomic mass is 9.81. The molecule has 0 radical (unpaired) electrons. The first-order valence-corrected chi connectivity index (χ1v) is 11.0. The highest BCUT2D eigenvalue weighted by molar-refractivity contribution is 6.61. The highest BCUT2D eigenvalue weighted by Gasteiger charge is 2.52. The van der Waals surface area contributed by atoms with Crippen molar-refractivity contribution in [2.24, 2.45) is 11.7 Å². The molecule has 0 aliphatic carbocycles. The van der Waals surface area contributed by atoms with Crippen LogP contribution in [-0.4, -0.2) is 72.0 Å². The minimum absolute atomic E-state index is 0.336. The van der Waals surface area contributed by atoms with E-state index in [2.05, 4.69) is 61.3 Å². The quantitative estimate of drug-likeness (QED) is 0.694. The first-order chi connectivity index (χ1) is 13.6. The summed E-state index contributed by atoms with van der Waals surface area (Å²) < 4.78 is 12.2. The largest absolute Gasteiger partial charge is 0.498 e. The number of piperidine rings is 1. The molecule has 0 aromatic carbocycles. The van der Waals surface area contributed by atoms with E-state index < -0.39 is 7.12 Å². The van der Waals surface area contributed by atoms with Crippen molar-refractivity contribution < 1.29 is 9.31 Å². The van der Waals surface area contributed by atoms with Crippen LogP contribution >= 0.6 is 0 Å². The average molecular weight is 403 g/mol. The smallest absolute Gasteiger partial charge is 0.399 e. The van der Waals surface area contributed by atoms with E-state index in [4.69, 9.17) is 15.0 Å². The SMILES string of the molecule is CC(C)N(C[C@H]1CCCN(CCN)C1)c1ncc(B2OC(C)(C)C(C)(C)O2)cn1. The number of nitrogens with two attached hydrogens (primary N) is 1. The fourth-order valence-electron chi connectivity index (χ4n) is 4.07. The third kappa shape index (κ3) is 5.10. The first-order valence-electron chi connectivity index (χ1n) is 11.0. The molecule has 2 aliphatic rings. The Morgan fingerprint density at radius 2 is 1.83 bits per heavy atom. The topological polar surface area (TPSA) is 76.7 Å². The first kappa shape index (κ1) is 22.5. The Kier molecular flexibility index (Phi) is 6.88. The lowest BCUT2D eigenvalue weighted by molar-refractivity contribution is 0.00578. The maximum atomic E-state index is 6.12. The number of rotatable bonds is 7. The Balaban J connectivity index is 1.68. The van der Waals surface area contributed by atoms with Gasteiger partial charge in [-0.2, -0.15) is 0 Å². The third-order valence-corrected chi connectivity index (χ3v) is 6.57. The summed E-state index contributed by atoms with van der Waals surface area (Å²) in [5.74, 6) is 1.39. The molecule has 162 valence electrons. The molecular formula is C21H38BN5O2. The van der Waals surface area contributed by atoms with E-state index in [0.717, 1.165) is 44.1 Å². The molecule has 3 heterocycles. The third-order valence-electron chi connectivity index (χ3n) is 6.57. The molecule has 7 nitrogen and oxygen atoms in total. The Morgan fingerprint density at radius 3 is 2.38 bits per heavy atom. The van der Waals surface area contributed by atoms with Crippen LogP contribution in [-0.2, 0) is 9.31 Å². The van der Waals surface area contributed by atoms with Crippen LogP contribution in [0.3, 0.4) is 0 Å². The molecule has 0 amide bonds. The zero-order chi connectivity index (χ0) is 21.2. The van der Waals surface area contributed by atoms with Crippen LogP contribution in [0.25, 0.3) is 0 Å². The molecule has 0 saturated carbocycles. The Bertz CT molecular complexity index is 650. The van der Waals surface area contributed by atoms with Crippen molar-refractivity contribution in [2.45, 2.75) is 71.6 Å². The molecule has 29 heavy (non-hydrogen) atoms. The number of hydrogen-bond acceptors (Lipinski definition) is 7. The van der Waals surface area contributed by atoms with Gasteiger partial charge in [-0.15, -0.1) is 0 Å². The van der Waals surface area contributed by atoms with Crippen LogP contribution in [0.4, 0.5) is 5.95 Å². The van der Waals surface area contributed by atoms with E-state index in [1.165, 1.54) is 12.8 Å². The normalized spacial score (nSPS) is 24.3. The lowest BCUT2D eigenvalue weighted by Crippen LogP contribution is -2.45. The highest BCUT2D eigenvalue weighted by atomic mass is 16.7. The molecule has 8 heteroatoms. The van der Waals surface area contributed by atoms with Crippen molar-refractivity contribution in [3.8, 4) is 0 Å². The minimum atomic E-state index is -0.426. The molecular weight excluding hydrogens is 365 g/mol. The second-order valence-corrected chi connectivity index (χ2v) is 9.75. The van der Waals surface area contributed by atoms with E-state index in [1.807, 2.05) is 12.4 Å². The van der Waals surface area contributed by atoms with Crippen molar-refractivity contribution in [3.05, 3.63) is 12.4 Å². The lowest BCUT2D eigenvalue weighted by Gasteiger charge is -2.37. The van der Waals surface area contributed by atoms with Crippen LogP contribution in [0.5, 0.6) is 0 Å². The molecule has 2 fully saturated rings. The molecule has 0 unspecified atom stereocenters. The predicted molar refractivity (Wildman–Crippen MR) is 118 cm³/mol. The summed E-state index contributed by atoms with van der Waals surface area (Å²) in [5.41, 5.74) is 5.89. The summed E-state index contributed by atoms with van der Waals surface area (Å²) in [4.78, 5) is 14.2. The average Bonchev–Trinajstić information content (AvgIpc) is 2.88. The van der Waals surface area contributed by atoms with Gasteiger partial charge < -0.3 is 24.8 Å². The maximum Gasteiger partial charge on any atom is 0.498 e. The van der Waals surface area contributed by atoms with E-state index >= 15 is 0 Å². The summed E-state index contributed by atoms with van der Waals surface area (Å²) in [6.07, 6.45) is 6.18. The van der Waals surface area contributed by atoms with Crippen molar-refractivity contribution >= 4 is 18.5 Å². The molecule has 0 spiro atoms. The van der Waals surface area contributed by atoms with Gasteiger partial charge in [0.2, 0.25) is 5.95 Å². The van der Waals surface area contributed by atoms with Gasteiger partial charge in [-0.1, -0.05) is 0 Å². The van der Waals surface area contributed by atoms with Gasteiger partial charge in [0.1, 0.15) is 0 Å². The van der Waals surface area contributed by atoms with E-state index in [1.54, 1.807) is 0 Å². The number of anilines is 1. The van der Waals surface area contributed by atoms with E-state index in [-0.39, 0.29) is 11.2 Å². The van der Waals surface area contributed by atoms with Gasteiger partial charge >= 0.3 is 7.12 Å². The van der Waals surface area contributed by atoms with Crippen LogP contribution in [0.2, 0.25) is 0 Å². The molecule has 1 atom stereocenters. The number of nitrogens with zero attached hydrogens (tertiary/aromatic N) is 4. The van der Waals surface area contributed by atoms with Crippen LogP contribution in [0.15, 0.2) is 12.4 Å². The van der Waals surface area contributed by atoms with Crippen molar-refractivity contribution in [3.63, 3.8) is 0 Å². The fourth-order valence-corrected chi connectivity index (χ4v) is 4.07. The summed E-state index contributed by atoms with van der Waals surface area (Å²) >= 11 is 0. The van der Waals surface area contributed by atoms with Gasteiger partial charge in [-0.25, -0.2) is 9.97 Å². The zero-order valence-corrected chi connectivity index (χ0v) is 19.0. The van der Waals surface area contributed by atoms with E-state index in [0.29, 0.717) is 12.0 Å².